The second kappa shape index (κ2) is 5.14. The third kappa shape index (κ3) is 2.45. The number of anilines is 1. The van der Waals surface area contributed by atoms with Gasteiger partial charge in [-0.2, -0.15) is 0 Å². The zero-order valence-electron chi connectivity index (χ0n) is 11.5. The van der Waals surface area contributed by atoms with Crippen LogP contribution in [-0.4, -0.2) is 24.4 Å². The van der Waals surface area contributed by atoms with Gasteiger partial charge < -0.3 is 15.2 Å². The molecule has 2 rings (SSSR count). The fourth-order valence-electron chi connectivity index (χ4n) is 1.88. The first-order chi connectivity index (χ1) is 9.06. The van der Waals surface area contributed by atoms with Gasteiger partial charge in [-0.3, -0.25) is 0 Å². The van der Waals surface area contributed by atoms with Crippen molar-refractivity contribution in [1.29, 1.82) is 0 Å². The van der Waals surface area contributed by atoms with Crippen LogP contribution in [0.15, 0.2) is 18.2 Å². The molecule has 0 spiro atoms. The number of nitrogen functional groups attached to an aromatic ring is 1. The Morgan fingerprint density at radius 1 is 0.895 bits per heavy atom. The highest BCUT2D eigenvalue weighted by atomic mass is 16.5. The summed E-state index contributed by atoms with van der Waals surface area (Å²) in [6.45, 7) is 3.90. The Morgan fingerprint density at radius 2 is 1.53 bits per heavy atom. The molecule has 2 aromatic rings. The van der Waals surface area contributed by atoms with Crippen LogP contribution in [0.1, 0.15) is 11.1 Å². The molecule has 0 amide bonds. The molecular formula is C14H17N3O2. The van der Waals surface area contributed by atoms with Crippen molar-refractivity contribution in [2.24, 2.45) is 0 Å². The Kier molecular flexibility index (Phi) is 3.55. The van der Waals surface area contributed by atoms with Gasteiger partial charge in [-0.1, -0.05) is 0 Å². The van der Waals surface area contributed by atoms with Crippen LogP contribution < -0.4 is 15.2 Å². The van der Waals surface area contributed by atoms with E-state index in [9.17, 15) is 0 Å². The van der Waals surface area contributed by atoms with Gasteiger partial charge in [0.15, 0.2) is 11.5 Å². The SMILES string of the molecule is COc1cc(C)c(-c2cc(C)c(N)nn2)cc1OC. The Balaban J connectivity index is 2.58. The highest BCUT2D eigenvalue weighted by Gasteiger charge is 2.12. The van der Waals surface area contributed by atoms with Crippen LogP contribution in [0.3, 0.4) is 0 Å². The van der Waals surface area contributed by atoms with Crippen molar-refractivity contribution >= 4 is 5.82 Å². The van der Waals surface area contributed by atoms with E-state index in [-0.39, 0.29) is 0 Å². The summed E-state index contributed by atoms with van der Waals surface area (Å²) in [6.07, 6.45) is 0. The van der Waals surface area contributed by atoms with E-state index in [1.807, 2.05) is 32.0 Å². The van der Waals surface area contributed by atoms with Crippen molar-refractivity contribution in [2.45, 2.75) is 13.8 Å². The summed E-state index contributed by atoms with van der Waals surface area (Å²) in [4.78, 5) is 0. The van der Waals surface area contributed by atoms with E-state index in [0.717, 1.165) is 22.4 Å². The van der Waals surface area contributed by atoms with Crippen LogP contribution >= 0.6 is 0 Å². The zero-order chi connectivity index (χ0) is 14.0. The first-order valence-electron chi connectivity index (χ1n) is 5.89. The third-order valence-corrected chi connectivity index (χ3v) is 3.03. The van der Waals surface area contributed by atoms with Gasteiger partial charge in [0, 0.05) is 5.56 Å². The van der Waals surface area contributed by atoms with Gasteiger partial charge >= 0.3 is 0 Å². The van der Waals surface area contributed by atoms with E-state index in [1.165, 1.54) is 0 Å². The maximum atomic E-state index is 5.69. The van der Waals surface area contributed by atoms with Crippen molar-refractivity contribution in [3.05, 3.63) is 29.3 Å². The number of nitrogens with zero attached hydrogens (tertiary/aromatic N) is 2. The second-order valence-corrected chi connectivity index (χ2v) is 4.32. The predicted octanol–water partition coefficient (Wildman–Crippen LogP) is 2.36. The van der Waals surface area contributed by atoms with Gasteiger partial charge in [0.1, 0.15) is 5.82 Å². The Morgan fingerprint density at radius 3 is 2.11 bits per heavy atom. The molecule has 5 nitrogen and oxygen atoms in total. The van der Waals surface area contributed by atoms with Crippen molar-refractivity contribution in [2.75, 3.05) is 20.0 Å². The van der Waals surface area contributed by atoms with E-state index in [4.69, 9.17) is 15.2 Å². The number of benzene rings is 1. The van der Waals surface area contributed by atoms with E-state index in [1.54, 1.807) is 14.2 Å². The highest BCUT2D eigenvalue weighted by Crippen LogP contribution is 2.34. The quantitative estimate of drug-likeness (QED) is 0.916. The summed E-state index contributed by atoms with van der Waals surface area (Å²) in [6, 6.07) is 5.73. The van der Waals surface area contributed by atoms with Gasteiger partial charge in [0.2, 0.25) is 0 Å². The average Bonchev–Trinajstić information content (AvgIpc) is 2.41. The predicted molar refractivity (Wildman–Crippen MR) is 74.5 cm³/mol. The van der Waals surface area contributed by atoms with Crippen molar-refractivity contribution in [3.63, 3.8) is 0 Å². The molecule has 0 aliphatic heterocycles. The van der Waals surface area contributed by atoms with Gasteiger partial charge in [0.25, 0.3) is 0 Å². The molecule has 0 radical (unpaired) electrons. The summed E-state index contributed by atoms with van der Waals surface area (Å²) < 4.78 is 10.6. The van der Waals surface area contributed by atoms with Gasteiger partial charge in [-0.25, -0.2) is 0 Å². The van der Waals surface area contributed by atoms with E-state index in [0.29, 0.717) is 17.3 Å². The molecule has 0 saturated heterocycles. The second-order valence-electron chi connectivity index (χ2n) is 4.32. The van der Waals surface area contributed by atoms with Crippen LogP contribution in [0.25, 0.3) is 11.3 Å². The summed E-state index contributed by atoms with van der Waals surface area (Å²) in [5.74, 6) is 1.81. The fraction of sp³-hybridized carbons (Fsp3) is 0.286. The van der Waals surface area contributed by atoms with Crippen molar-refractivity contribution < 1.29 is 9.47 Å². The van der Waals surface area contributed by atoms with Crippen molar-refractivity contribution in [1.82, 2.24) is 10.2 Å². The third-order valence-electron chi connectivity index (χ3n) is 3.03. The number of aromatic nitrogens is 2. The van der Waals surface area contributed by atoms with Crippen LogP contribution in [0.5, 0.6) is 11.5 Å². The number of hydrogen-bond acceptors (Lipinski definition) is 5. The Bertz CT molecular complexity index is 612. The molecule has 0 atom stereocenters. The standard InChI is InChI=1S/C14H17N3O2/c1-8-6-12(18-3)13(19-4)7-10(8)11-5-9(2)14(15)17-16-11/h5-7H,1-4H3,(H2,15,17). The van der Waals surface area contributed by atoms with Crippen LogP contribution in [-0.2, 0) is 0 Å². The van der Waals surface area contributed by atoms with Crippen molar-refractivity contribution in [3.8, 4) is 22.8 Å². The molecule has 1 heterocycles. The number of nitrogens with two attached hydrogens (primary N) is 1. The molecule has 0 unspecified atom stereocenters. The molecule has 19 heavy (non-hydrogen) atoms. The summed E-state index contributed by atoms with van der Waals surface area (Å²) in [7, 11) is 3.22. The first-order valence-corrected chi connectivity index (χ1v) is 5.89. The molecule has 1 aromatic heterocycles. The summed E-state index contributed by atoms with van der Waals surface area (Å²) in [5.41, 5.74) is 9.35. The molecular weight excluding hydrogens is 242 g/mol. The largest absolute Gasteiger partial charge is 0.493 e. The number of aryl methyl sites for hydroxylation is 2. The van der Waals surface area contributed by atoms with E-state index in [2.05, 4.69) is 10.2 Å². The lowest BCUT2D eigenvalue weighted by molar-refractivity contribution is 0.355. The Labute approximate surface area is 112 Å². The maximum absolute atomic E-state index is 5.69. The molecule has 0 aliphatic carbocycles. The monoisotopic (exact) mass is 259 g/mol. The first kappa shape index (κ1) is 13.1. The average molecular weight is 259 g/mol. The van der Waals surface area contributed by atoms with E-state index < -0.39 is 0 Å². The summed E-state index contributed by atoms with van der Waals surface area (Å²) >= 11 is 0. The van der Waals surface area contributed by atoms with Gasteiger partial charge in [-0.05, 0) is 43.2 Å². The molecule has 2 N–H and O–H groups in total. The molecule has 100 valence electrons. The van der Waals surface area contributed by atoms with Crippen LogP contribution in [0.2, 0.25) is 0 Å². The van der Waals surface area contributed by atoms with Crippen LogP contribution in [0.4, 0.5) is 5.82 Å². The molecule has 5 heteroatoms. The molecule has 1 aromatic carbocycles. The number of ether oxygens (including phenoxy) is 2. The number of hydrogen-bond donors (Lipinski definition) is 1. The summed E-state index contributed by atoms with van der Waals surface area (Å²) in [5, 5.41) is 8.08. The zero-order valence-corrected chi connectivity index (χ0v) is 11.5. The van der Waals surface area contributed by atoms with Gasteiger partial charge in [0.05, 0.1) is 19.9 Å². The highest BCUT2D eigenvalue weighted by molar-refractivity contribution is 5.69. The minimum Gasteiger partial charge on any atom is -0.493 e. The maximum Gasteiger partial charge on any atom is 0.161 e. The molecule has 0 saturated carbocycles. The van der Waals surface area contributed by atoms with Crippen LogP contribution in [0, 0.1) is 13.8 Å². The number of rotatable bonds is 3. The molecule has 0 bridgehead atoms. The molecule has 0 fully saturated rings. The normalized spacial score (nSPS) is 10.3. The smallest absolute Gasteiger partial charge is 0.161 e. The molecule has 0 aliphatic rings. The topological polar surface area (TPSA) is 70.3 Å². The lowest BCUT2D eigenvalue weighted by Crippen LogP contribution is -1.99. The lowest BCUT2D eigenvalue weighted by atomic mass is 10.0. The number of methoxy groups -OCH3 is 2. The fourth-order valence-corrected chi connectivity index (χ4v) is 1.88. The Hall–Kier alpha value is -2.30. The van der Waals surface area contributed by atoms with E-state index >= 15 is 0 Å². The minimum atomic E-state index is 0.446. The lowest BCUT2D eigenvalue weighted by Gasteiger charge is -2.12. The minimum absolute atomic E-state index is 0.446. The van der Waals surface area contributed by atoms with Gasteiger partial charge in [-0.15, -0.1) is 10.2 Å².